The maximum atomic E-state index is 15.0. The van der Waals surface area contributed by atoms with Gasteiger partial charge in [0.05, 0.1) is 18.8 Å². The molecule has 11 nitrogen and oxygen atoms in total. The van der Waals surface area contributed by atoms with Gasteiger partial charge < -0.3 is 14.5 Å². The topological polar surface area (TPSA) is 110 Å². The van der Waals surface area contributed by atoms with Crippen molar-refractivity contribution in [3.63, 3.8) is 0 Å². The largest absolute Gasteiger partial charge is 0.423 e. The van der Waals surface area contributed by atoms with Crippen molar-refractivity contribution in [3.8, 4) is 22.6 Å². The summed E-state index contributed by atoms with van der Waals surface area (Å²) < 4.78 is 20.2. The van der Waals surface area contributed by atoms with Gasteiger partial charge in [-0.1, -0.05) is 6.07 Å². The van der Waals surface area contributed by atoms with Gasteiger partial charge in [-0.05, 0) is 43.6 Å². The van der Waals surface area contributed by atoms with Crippen molar-refractivity contribution >= 4 is 17.7 Å². The summed E-state index contributed by atoms with van der Waals surface area (Å²) in [7, 11) is 5.47. The molecular weight excluding hydrogens is 443 g/mol. The van der Waals surface area contributed by atoms with Crippen LogP contribution in [0.1, 0.15) is 6.92 Å². The average Bonchev–Trinajstić information content (AvgIpc) is 3.44. The number of anilines is 1. The summed E-state index contributed by atoms with van der Waals surface area (Å²) in [5.41, 5.74) is 1.76. The van der Waals surface area contributed by atoms with E-state index in [-0.39, 0.29) is 12.5 Å². The molecule has 0 N–H and O–H groups in total. The Morgan fingerprint density at radius 1 is 1.24 bits per heavy atom. The number of carbonyl (C=O) groups excluding carboxylic acids is 2. The van der Waals surface area contributed by atoms with E-state index >= 15 is 0 Å². The first-order valence-corrected chi connectivity index (χ1v) is 10.6. The first-order chi connectivity index (χ1) is 16.2. The summed E-state index contributed by atoms with van der Waals surface area (Å²) in [6.45, 7) is 2.88. The highest BCUT2D eigenvalue weighted by Crippen LogP contribution is 2.29. The Kier molecular flexibility index (Phi) is 6.50. The standard InChI is InChI=1S/C22H25FN8O3/c1-14(32)29(4)20-13-30(22(33)34-20)16-6-7-17(18(23)11-16)15-5-8-19(24-12-15)21-25-27-31(26-21)10-9-28(2)3/h5-8,11-12,20H,9-10,13H2,1-4H3/t20-/m1/s1. The number of amides is 2. The zero-order chi connectivity index (χ0) is 24.4. The average molecular weight is 468 g/mol. The second kappa shape index (κ2) is 9.51. The first kappa shape index (κ1) is 23.2. The van der Waals surface area contributed by atoms with Crippen molar-refractivity contribution in [3.05, 3.63) is 42.3 Å². The van der Waals surface area contributed by atoms with Gasteiger partial charge in [0.1, 0.15) is 11.5 Å². The van der Waals surface area contributed by atoms with E-state index in [4.69, 9.17) is 4.74 Å². The molecule has 1 aromatic carbocycles. The number of rotatable bonds is 7. The molecule has 178 valence electrons. The van der Waals surface area contributed by atoms with Crippen LogP contribution in [0.2, 0.25) is 0 Å². The van der Waals surface area contributed by atoms with E-state index in [0.29, 0.717) is 34.9 Å². The summed E-state index contributed by atoms with van der Waals surface area (Å²) in [4.78, 5) is 34.3. The van der Waals surface area contributed by atoms with Crippen LogP contribution >= 0.6 is 0 Å². The van der Waals surface area contributed by atoms with E-state index in [2.05, 4.69) is 20.4 Å². The maximum absolute atomic E-state index is 15.0. The molecule has 34 heavy (non-hydrogen) atoms. The maximum Gasteiger partial charge on any atom is 0.416 e. The predicted octanol–water partition coefficient (Wildman–Crippen LogP) is 1.86. The van der Waals surface area contributed by atoms with E-state index in [1.54, 1.807) is 31.3 Å². The van der Waals surface area contributed by atoms with Crippen LogP contribution in [0.4, 0.5) is 14.9 Å². The highest BCUT2D eigenvalue weighted by atomic mass is 19.1. The lowest BCUT2D eigenvalue weighted by Gasteiger charge is -2.20. The molecule has 0 spiro atoms. The quantitative estimate of drug-likeness (QED) is 0.517. The van der Waals surface area contributed by atoms with E-state index in [1.165, 1.54) is 33.8 Å². The van der Waals surface area contributed by atoms with Gasteiger partial charge in [0.25, 0.3) is 0 Å². The van der Waals surface area contributed by atoms with Crippen molar-refractivity contribution in [1.29, 1.82) is 0 Å². The molecular formula is C22H25FN8O3. The number of hydrogen-bond acceptors (Lipinski definition) is 8. The fraction of sp³-hybridized carbons (Fsp3) is 0.364. The number of cyclic esters (lactones) is 1. The van der Waals surface area contributed by atoms with Gasteiger partial charge in [0.2, 0.25) is 11.7 Å². The molecule has 1 aliphatic rings. The number of nitrogens with zero attached hydrogens (tertiary/aromatic N) is 8. The molecule has 3 heterocycles. The Morgan fingerprint density at radius 3 is 2.68 bits per heavy atom. The fourth-order valence-electron chi connectivity index (χ4n) is 3.38. The number of carbonyl (C=O) groups is 2. The minimum atomic E-state index is -0.723. The lowest BCUT2D eigenvalue weighted by atomic mass is 10.1. The van der Waals surface area contributed by atoms with Gasteiger partial charge in [0.15, 0.2) is 6.23 Å². The molecule has 1 atom stereocenters. The van der Waals surface area contributed by atoms with Crippen LogP contribution in [0.3, 0.4) is 0 Å². The van der Waals surface area contributed by atoms with Gasteiger partial charge in [-0.2, -0.15) is 4.80 Å². The zero-order valence-electron chi connectivity index (χ0n) is 19.3. The number of ether oxygens (including phenoxy) is 1. The Labute approximate surface area is 195 Å². The lowest BCUT2D eigenvalue weighted by molar-refractivity contribution is -0.134. The van der Waals surface area contributed by atoms with Gasteiger partial charge in [-0.3, -0.25) is 14.7 Å². The van der Waals surface area contributed by atoms with Crippen LogP contribution < -0.4 is 4.90 Å². The molecule has 0 bridgehead atoms. The van der Waals surface area contributed by atoms with E-state index in [0.717, 1.165) is 6.54 Å². The molecule has 0 saturated carbocycles. The molecule has 1 aliphatic heterocycles. The second-order valence-corrected chi connectivity index (χ2v) is 8.19. The minimum absolute atomic E-state index is 0.117. The van der Waals surface area contributed by atoms with Crippen molar-refractivity contribution in [2.75, 3.05) is 39.1 Å². The second-order valence-electron chi connectivity index (χ2n) is 8.19. The lowest BCUT2D eigenvalue weighted by Crippen LogP contribution is -2.38. The molecule has 0 radical (unpaired) electrons. The number of halogens is 1. The first-order valence-electron chi connectivity index (χ1n) is 10.6. The number of pyridine rings is 1. The Hall–Kier alpha value is -3.93. The monoisotopic (exact) mass is 468 g/mol. The van der Waals surface area contributed by atoms with Crippen LogP contribution in [0.15, 0.2) is 36.5 Å². The molecule has 0 unspecified atom stereocenters. The summed E-state index contributed by atoms with van der Waals surface area (Å²) in [5.74, 6) is -0.363. The van der Waals surface area contributed by atoms with Crippen LogP contribution in [-0.4, -0.2) is 87.5 Å². The number of benzene rings is 1. The van der Waals surface area contributed by atoms with Crippen molar-refractivity contribution in [2.45, 2.75) is 19.7 Å². The fourth-order valence-corrected chi connectivity index (χ4v) is 3.38. The summed E-state index contributed by atoms with van der Waals surface area (Å²) >= 11 is 0. The van der Waals surface area contributed by atoms with Crippen LogP contribution in [0, 0.1) is 5.82 Å². The number of aromatic nitrogens is 5. The molecule has 12 heteroatoms. The SMILES string of the molecule is CC(=O)N(C)[C@H]1CN(c2ccc(-c3ccc(-c4nnn(CCN(C)C)n4)nc3)c(F)c2)C(=O)O1. The molecule has 1 saturated heterocycles. The van der Waals surface area contributed by atoms with Crippen LogP contribution in [0.5, 0.6) is 0 Å². The molecule has 2 aromatic heterocycles. The van der Waals surface area contributed by atoms with Gasteiger partial charge in [0, 0.05) is 37.8 Å². The highest BCUT2D eigenvalue weighted by molar-refractivity contribution is 5.90. The normalized spacial score (nSPS) is 15.6. The molecule has 3 aromatic rings. The summed E-state index contributed by atoms with van der Waals surface area (Å²) in [6, 6.07) is 7.89. The van der Waals surface area contributed by atoms with Gasteiger partial charge in [-0.15, -0.1) is 10.2 Å². The Bertz CT molecular complexity index is 1200. The molecule has 4 rings (SSSR count). The van der Waals surface area contributed by atoms with Gasteiger partial charge in [-0.25, -0.2) is 9.18 Å². The summed E-state index contributed by atoms with van der Waals surface area (Å²) in [5, 5.41) is 12.4. The number of tetrazole rings is 1. The van der Waals surface area contributed by atoms with Crippen molar-refractivity contribution < 1.29 is 18.7 Å². The van der Waals surface area contributed by atoms with Crippen LogP contribution in [-0.2, 0) is 16.1 Å². The van der Waals surface area contributed by atoms with E-state index < -0.39 is 18.1 Å². The third kappa shape index (κ3) is 4.86. The minimum Gasteiger partial charge on any atom is -0.423 e. The number of likely N-dealkylation sites (N-methyl/N-ethyl adjacent to an activating group) is 2. The third-order valence-corrected chi connectivity index (χ3v) is 5.49. The highest BCUT2D eigenvalue weighted by Gasteiger charge is 2.36. The Morgan fingerprint density at radius 2 is 2.03 bits per heavy atom. The van der Waals surface area contributed by atoms with Crippen molar-refractivity contribution in [2.24, 2.45) is 0 Å². The zero-order valence-corrected chi connectivity index (χ0v) is 19.3. The molecule has 0 aliphatic carbocycles. The number of hydrogen-bond donors (Lipinski definition) is 0. The Balaban J connectivity index is 1.48. The molecule has 2 amide bonds. The van der Waals surface area contributed by atoms with Crippen molar-refractivity contribution in [1.82, 2.24) is 35.0 Å². The van der Waals surface area contributed by atoms with Crippen LogP contribution in [0.25, 0.3) is 22.6 Å². The summed E-state index contributed by atoms with van der Waals surface area (Å²) in [6.07, 6.45) is 0.178. The van der Waals surface area contributed by atoms with E-state index in [9.17, 15) is 14.0 Å². The third-order valence-electron chi connectivity index (χ3n) is 5.49. The predicted molar refractivity (Wildman–Crippen MR) is 121 cm³/mol. The molecule has 1 fully saturated rings. The smallest absolute Gasteiger partial charge is 0.416 e. The van der Waals surface area contributed by atoms with Gasteiger partial charge >= 0.3 is 6.09 Å². The van der Waals surface area contributed by atoms with E-state index in [1.807, 2.05) is 19.0 Å².